The van der Waals surface area contributed by atoms with Crippen LogP contribution in [-0.4, -0.2) is 21.0 Å². The first-order valence-electron chi connectivity index (χ1n) is 8.32. The van der Waals surface area contributed by atoms with E-state index in [0.29, 0.717) is 23.3 Å². The lowest BCUT2D eigenvalue weighted by Gasteiger charge is -2.08. The van der Waals surface area contributed by atoms with Crippen molar-refractivity contribution in [2.45, 2.75) is 38.6 Å². The minimum Gasteiger partial charge on any atom is -0.469 e. The molecular weight excluding hydrogens is 322 g/mol. The Kier molecular flexibility index (Phi) is 4.01. The first-order valence-corrected chi connectivity index (χ1v) is 8.32. The van der Waals surface area contributed by atoms with Crippen LogP contribution in [0.1, 0.15) is 37.5 Å². The van der Waals surface area contributed by atoms with Crippen molar-refractivity contribution in [3.63, 3.8) is 0 Å². The maximum absolute atomic E-state index is 12.1. The van der Waals surface area contributed by atoms with Crippen LogP contribution >= 0.6 is 0 Å². The van der Waals surface area contributed by atoms with Gasteiger partial charge in [-0.2, -0.15) is 5.10 Å². The third-order valence-corrected chi connectivity index (χ3v) is 4.43. The van der Waals surface area contributed by atoms with Gasteiger partial charge in [0.15, 0.2) is 11.6 Å². The molecule has 3 heterocycles. The Morgan fingerprint density at radius 2 is 2.16 bits per heavy atom. The smallest absolute Gasteiger partial charge is 0.325 e. The van der Waals surface area contributed by atoms with Crippen molar-refractivity contribution in [2.24, 2.45) is 0 Å². The van der Waals surface area contributed by atoms with Gasteiger partial charge in [0, 0.05) is 12.3 Å². The molecule has 0 aromatic carbocycles. The summed E-state index contributed by atoms with van der Waals surface area (Å²) in [6.07, 6.45) is 9.84. The number of carbonyl (C=O) groups excluding carboxylic acids is 1. The fourth-order valence-corrected chi connectivity index (χ4v) is 3.15. The minimum atomic E-state index is -0.394. The van der Waals surface area contributed by atoms with Crippen molar-refractivity contribution in [1.29, 1.82) is 0 Å². The second kappa shape index (κ2) is 6.46. The molecule has 3 aromatic heterocycles. The molecule has 4 rings (SSSR count). The van der Waals surface area contributed by atoms with Crippen LogP contribution in [-0.2, 0) is 0 Å². The van der Waals surface area contributed by atoms with E-state index in [1.165, 1.54) is 12.8 Å². The summed E-state index contributed by atoms with van der Waals surface area (Å²) < 4.78 is 12.4. The molecule has 1 saturated carbocycles. The number of amides is 2. The van der Waals surface area contributed by atoms with E-state index < -0.39 is 6.03 Å². The van der Waals surface area contributed by atoms with E-state index in [1.807, 2.05) is 17.8 Å². The van der Waals surface area contributed by atoms with Crippen LogP contribution < -0.4 is 10.6 Å². The summed E-state index contributed by atoms with van der Waals surface area (Å²) in [4.78, 5) is 12.1. The molecule has 1 aliphatic rings. The molecule has 25 heavy (non-hydrogen) atoms. The maximum atomic E-state index is 12.1. The van der Waals surface area contributed by atoms with Gasteiger partial charge in [-0.25, -0.2) is 4.79 Å². The number of nitrogens with one attached hydrogen (secondary N) is 2. The fraction of sp³-hybridized carbons (Fsp3) is 0.353. The predicted octanol–water partition coefficient (Wildman–Crippen LogP) is 4.20. The molecule has 0 unspecified atom stereocenters. The van der Waals surface area contributed by atoms with Gasteiger partial charge in [0.25, 0.3) is 0 Å². The Bertz CT molecular complexity index is 872. The number of aryl methyl sites for hydroxylation is 1. The van der Waals surface area contributed by atoms with Crippen LogP contribution in [0.15, 0.2) is 39.7 Å². The maximum Gasteiger partial charge on any atom is 0.325 e. The zero-order chi connectivity index (χ0) is 17.2. The van der Waals surface area contributed by atoms with E-state index in [4.69, 9.17) is 8.94 Å². The van der Waals surface area contributed by atoms with Crippen molar-refractivity contribution >= 4 is 17.5 Å². The number of urea groups is 1. The summed E-state index contributed by atoms with van der Waals surface area (Å²) in [7, 11) is 0. The highest BCUT2D eigenvalue weighted by Gasteiger charge is 2.18. The van der Waals surface area contributed by atoms with Gasteiger partial charge in [-0.05, 0) is 25.8 Å². The fourth-order valence-electron chi connectivity index (χ4n) is 3.15. The average molecular weight is 341 g/mol. The number of rotatable bonds is 4. The van der Waals surface area contributed by atoms with E-state index in [1.54, 1.807) is 24.6 Å². The van der Waals surface area contributed by atoms with Crippen LogP contribution in [0.3, 0.4) is 0 Å². The topological polar surface area (TPSA) is 98.1 Å². The summed E-state index contributed by atoms with van der Waals surface area (Å²) in [6.45, 7) is 1.83. The normalized spacial score (nSPS) is 14.8. The first kappa shape index (κ1) is 15.5. The molecule has 2 N–H and O–H groups in total. The van der Waals surface area contributed by atoms with Gasteiger partial charge < -0.3 is 14.3 Å². The van der Waals surface area contributed by atoms with E-state index in [0.717, 1.165) is 24.2 Å². The van der Waals surface area contributed by atoms with Crippen molar-refractivity contribution in [3.8, 4) is 11.3 Å². The molecule has 0 saturated heterocycles. The highest BCUT2D eigenvalue weighted by atomic mass is 16.5. The Labute approximate surface area is 144 Å². The summed E-state index contributed by atoms with van der Waals surface area (Å²) in [5.74, 6) is 1.60. The van der Waals surface area contributed by atoms with Crippen molar-refractivity contribution in [3.05, 3.63) is 36.5 Å². The zero-order valence-electron chi connectivity index (χ0n) is 13.9. The van der Waals surface area contributed by atoms with E-state index in [9.17, 15) is 4.79 Å². The monoisotopic (exact) mass is 341 g/mol. The van der Waals surface area contributed by atoms with E-state index >= 15 is 0 Å². The van der Waals surface area contributed by atoms with E-state index in [-0.39, 0.29) is 0 Å². The number of aromatic nitrogens is 3. The molecule has 1 fully saturated rings. The van der Waals surface area contributed by atoms with Crippen LogP contribution in [0.25, 0.3) is 11.3 Å². The quantitative estimate of drug-likeness (QED) is 0.741. The average Bonchev–Trinajstić information content (AvgIpc) is 3.34. The minimum absolute atomic E-state index is 0.330. The predicted molar refractivity (Wildman–Crippen MR) is 91.3 cm³/mol. The van der Waals surface area contributed by atoms with Crippen LogP contribution in [0.2, 0.25) is 0 Å². The summed E-state index contributed by atoms with van der Waals surface area (Å²) in [5.41, 5.74) is 1.46. The Morgan fingerprint density at radius 3 is 2.92 bits per heavy atom. The van der Waals surface area contributed by atoms with Crippen molar-refractivity contribution in [2.75, 3.05) is 10.6 Å². The van der Waals surface area contributed by atoms with Gasteiger partial charge >= 0.3 is 6.03 Å². The number of anilines is 2. The van der Waals surface area contributed by atoms with Crippen LogP contribution in [0.4, 0.5) is 16.3 Å². The Morgan fingerprint density at radius 1 is 1.32 bits per heavy atom. The van der Waals surface area contributed by atoms with Crippen LogP contribution in [0, 0.1) is 6.92 Å². The van der Waals surface area contributed by atoms with Crippen LogP contribution in [0.5, 0.6) is 0 Å². The molecule has 0 aliphatic heterocycles. The summed E-state index contributed by atoms with van der Waals surface area (Å²) in [5, 5.41) is 13.6. The highest BCUT2D eigenvalue weighted by molar-refractivity contribution is 5.99. The molecule has 0 atom stereocenters. The summed E-state index contributed by atoms with van der Waals surface area (Å²) >= 11 is 0. The SMILES string of the molecule is Cc1occc1-c1cc(NC(=O)Nc2cnn(C3CCCC3)c2)no1. The third kappa shape index (κ3) is 3.28. The van der Waals surface area contributed by atoms with E-state index in [2.05, 4.69) is 20.9 Å². The van der Waals surface area contributed by atoms with Gasteiger partial charge in [-0.15, -0.1) is 0 Å². The number of carbonyl (C=O) groups is 1. The second-order valence-corrected chi connectivity index (χ2v) is 6.19. The molecule has 8 heteroatoms. The van der Waals surface area contributed by atoms with Crippen molar-refractivity contribution < 1.29 is 13.7 Å². The number of hydrogen-bond acceptors (Lipinski definition) is 5. The number of nitrogens with zero attached hydrogens (tertiary/aromatic N) is 3. The van der Waals surface area contributed by atoms with Gasteiger partial charge in [-0.1, -0.05) is 18.0 Å². The molecule has 0 radical (unpaired) electrons. The molecule has 8 nitrogen and oxygen atoms in total. The largest absolute Gasteiger partial charge is 0.469 e. The molecule has 0 spiro atoms. The molecular formula is C17H19N5O3. The Hall–Kier alpha value is -3.03. The Balaban J connectivity index is 1.38. The number of hydrogen-bond donors (Lipinski definition) is 2. The molecule has 1 aliphatic carbocycles. The van der Waals surface area contributed by atoms with Crippen molar-refractivity contribution in [1.82, 2.24) is 14.9 Å². The molecule has 3 aromatic rings. The standard InChI is InChI=1S/C17H19N5O3/c1-11-14(6-7-24-11)15-8-16(21-25-15)20-17(23)19-12-9-18-22(10-12)13-4-2-3-5-13/h6-10,13H,2-5H2,1H3,(H2,19,20,21,23). The second-order valence-electron chi connectivity index (χ2n) is 6.19. The van der Waals surface area contributed by atoms with Gasteiger partial charge in [0.1, 0.15) is 5.76 Å². The highest BCUT2D eigenvalue weighted by Crippen LogP contribution is 2.29. The molecule has 2 amide bonds. The summed E-state index contributed by atoms with van der Waals surface area (Å²) in [6, 6.07) is 3.49. The third-order valence-electron chi connectivity index (χ3n) is 4.43. The van der Waals surface area contributed by atoms with Gasteiger partial charge in [-0.3, -0.25) is 10.00 Å². The molecule has 0 bridgehead atoms. The number of furan rings is 1. The lowest BCUT2D eigenvalue weighted by atomic mass is 10.2. The lowest BCUT2D eigenvalue weighted by Crippen LogP contribution is -2.19. The zero-order valence-corrected chi connectivity index (χ0v) is 13.9. The molecule has 130 valence electrons. The first-order chi connectivity index (χ1) is 12.2. The van der Waals surface area contributed by atoms with Gasteiger partial charge in [0.05, 0.1) is 29.8 Å². The lowest BCUT2D eigenvalue weighted by molar-refractivity contribution is 0.262. The van der Waals surface area contributed by atoms with Gasteiger partial charge in [0.2, 0.25) is 0 Å².